The second-order valence-corrected chi connectivity index (χ2v) is 6.42. The highest BCUT2D eigenvalue weighted by Crippen LogP contribution is 2.17. The van der Waals surface area contributed by atoms with Crippen molar-refractivity contribution in [3.63, 3.8) is 0 Å². The highest BCUT2D eigenvalue weighted by atomic mass is 32.2. The number of aromatic nitrogens is 2. The van der Waals surface area contributed by atoms with Gasteiger partial charge in [0.25, 0.3) is 0 Å². The van der Waals surface area contributed by atoms with Gasteiger partial charge in [-0.15, -0.1) is 0 Å². The lowest BCUT2D eigenvalue weighted by Crippen LogP contribution is -2.25. The first-order valence-electron chi connectivity index (χ1n) is 6.82. The van der Waals surface area contributed by atoms with Crippen LogP contribution in [-0.4, -0.2) is 25.2 Å². The molecule has 0 saturated carbocycles. The molecule has 2 aromatic rings. The van der Waals surface area contributed by atoms with Gasteiger partial charge in [0.1, 0.15) is 4.90 Å². The van der Waals surface area contributed by atoms with Crippen LogP contribution in [0.5, 0.6) is 0 Å². The fourth-order valence-electron chi connectivity index (χ4n) is 2.04. The van der Waals surface area contributed by atoms with Crippen LogP contribution in [0.1, 0.15) is 23.9 Å². The zero-order valence-electron chi connectivity index (χ0n) is 12.2. The van der Waals surface area contributed by atoms with Gasteiger partial charge in [0.15, 0.2) is 0 Å². The fraction of sp³-hybridized carbons (Fsp3) is 0.357. The number of nitrogens with one attached hydrogen (secondary N) is 3. The Kier molecular flexibility index (Phi) is 5.11. The van der Waals surface area contributed by atoms with E-state index in [1.165, 1.54) is 0 Å². The van der Waals surface area contributed by atoms with Crippen LogP contribution in [0.25, 0.3) is 0 Å². The molecule has 0 aliphatic heterocycles. The van der Waals surface area contributed by atoms with Crippen molar-refractivity contribution in [2.45, 2.75) is 31.8 Å². The Morgan fingerprint density at radius 2 is 1.90 bits per heavy atom. The van der Waals surface area contributed by atoms with Crippen molar-refractivity contribution in [3.05, 3.63) is 47.3 Å². The summed E-state index contributed by atoms with van der Waals surface area (Å²) in [5.41, 5.74) is 1.97. The molecule has 0 bridgehead atoms. The average molecular weight is 308 g/mol. The summed E-state index contributed by atoms with van der Waals surface area (Å²) in [5, 5.41) is 9.90. The highest BCUT2D eigenvalue weighted by molar-refractivity contribution is 7.89. The standard InChI is InChI=1S/C14H20N4O2S/c1-3-15-10-13-14(11(2)17-18-13)21(19,20)16-9-12-7-5-4-6-8-12/h4-8,15-16H,3,9-10H2,1-2H3,(H,17,18). The zero-order valence-corrected chi connectivity index (χ0v) is 13.0. The summed E-state index contributed by atoms with van der Waals surface area (Å²) in [6, 6.07) is 9.41. The van der Waals surface area contributed by atoms with E-state index >= 15 is 0 Å². The predicted molar refractivity (Wildman–Crippen MR) is 81.2 cm³/mol. The molecule has 1 aromatic carbocycles. The van der Waals surface area contributed by atoms with Crippen molar-refractivity contribution in [1.29, 1.82) is 0 Å². The van der Waals surface area contributed by atoms with E-state index in [2.05, 4.69) is 20.2 Å². The van der Waals surface area contributed by atoms with E-state index < -0.39 is 10.0 Å². The first kappa shape index (κ1) is 15.7. The number of hydrogen-bond acceptors (Lipinski definition) is 4. The van der Waals surface area contributed by atoms with Gasteiger partial charge in [0, 0.05) is 13.1 Å². The lowest BCUT2D eigenvalue weighted by Gasteiger charge is -2.08. The number of H-pyrrole nitrogens is 1. The topological polar surface area (TPSA) is 86.9 Å². The maximum Gasteiger partial charge on any atom is 0.244 e. The molecule has 0 aliphatic rings. The fourth-order valence-corrected chi connectivity index (χ4v) is 3.41. The van der Waals surface area contributed by atoms with Crippen molar-refractivity contribution in [2.24, 2.45) is 0 Å². The summed E-state index contributed by atoms with van der Waals surface area (Å²) < 4.78 is 27.6. The van der Waals surface area contributed by atoms with Gasteiger partial charge in [-0.3, -0.25) is 5.10 Å². The average Bonchev–Trinajstić information content (AvgIpc) is 2.86. The Morgan fingerprint density at radius 1 is 1.19 bits per heavy atom. The molecule has 7 heteroatoms. The first-order chi connectivity index (χ1) is 10.0. The molecule has 0 aliphatic carbocycles. The van der Waals surface area contributed by atoms with E-state index in [1.807, 2.05) is 37.3 Å². The predicted octanol–water partition coefficient (Wildman–Crippen LogP) is 1.31. The van der Waals surface area contributed by atoms with Gasteiger partial charge >= 0.3 is 0 Å². The molecule has 0 fully saturated rings. The minimum Gasteiger partial charge on any atom is -0.311 e. The second-order valence-electron chi connectivity index (χ2n) is 4.71. The molecule has 0 radical (unpaired) electrons. The summed E-state index contributed by atoms with van der Waals surface area (Å²) in [6.07, 6.45) is 0. The molecule has 0 amide bonds. The molecular weight excluding hydrogens is 288 g/mol. The van der Waals surface area contributed by atoms with Gasteiger partial charge in [-0.05, 0) is 19.0 Å². The van der Waals surface area contributed by atoms with Crippen LogP contribution in [0.4, 0.5) is 0 Å². The number of benzene rings is 1. The second kappa shape index (κ2) is 6.84. The minimum atomic E-state index is -3.59. The number of rotatable bonds is 7. The lowest BCUT2D eigenvalue weighted by atomic mass is 10.2. The minimum absolute atomic E-state index is 0.236. The Morgan fingerprint density at radius 3 is 2.57 bits per heavy atom. The SMILES string of the molecule is CCNCc1n[nH]c(C)c1S(=O)(=O)NCc1ccccc1. The van der Waals surface area contributed by atoms with Gasteiger partial charge in [0.05, 0.1) is 11.4 Å². The molecule has 0 atom stereocenters. The quantitative estimate of drug-likeness (QED) is 0.719. The van der Waals surface area contributed by atoms with Crippen LogP contribution in [0, 0.1) is 6.92 Å². The molecule has 114 valence electrons. The van der Waals surface area contributed by atoms with Crippen molar-refractivity contribution in [1.82, 2.24) is 20.2 Å². The van der Waals surface area contributed by atoms with E-state index in [4.69, 9.17) is 0 Å². The molecule has 0 spiro atoms. The van der Waals surface area contributed by atoms with Crippen molar-refractivity contribution >= 4 is 10.0 Å². The molecule has 1 heterocycles. The Balaban J connectivity index is 2.17. The molecule has 3 N–H and O–H groups in total. The molecule has 1 aromatic heterocycles. The largest absolute Gasteiger partial charge is 0.311 e. The molecular formula is C14H20N4O2S. The van der Waals surface area contributed by atoms with Crippen molar-refractivity contribution in [2.75, 3.05) is 6.54 Å². The van der Waals surface area contributed by atoms with Crippen LogP contribution in [0.2, 0.25) is 0 Å². The smallest absolute Gasteiger partial charge is 0.244 e. The van der Waals surface area contributed by atoms with E-state index in [0.29, 0.717) is 17.9 Å². The number of nitrogens with zero attached hydrogens (tertiary/aromatic N) is 1. The maximum absolute atomic E-state index is 12.5. The van der Waals surface area contributed by atoms with E-state index in [9.17, 15) is 8.42 Å². The van der Waals surface area contributed by atoms with Crippen molar-refractivity contribution in [3.8, 4) is 0 Å². The lowest BCUT2D eigenvalue weighted by molar-refractivity contribution is 0.578. The van der Waals surface area contributed by atoms with Gasteiger partial charge in [0.2, 0.25) is 10.0 Å². The number of aromatic amines is 1. The molecule has 0 unspecified atom stereocenters. The van der Waals surface area contributed by atoms with Crippen molar-refractivity contribution < 1.29 is 8.42 Å². The van der Waals surface area contributed by atoms with E-state index in [0.717, 1.165) is 12.1 Å². The Labute approximate surface area is 125 Å². The van der Waals surface area contributed by atoms with Crippen LogP contribution >= 0.6 is 0 Å². The molecule has 0 saturated heterocycles. The van der Waals surface area contributed by atoms with Gasteiger partial charge < -0.3 is 5.32 Å². The number of hydrogen-bond donors (Lipinski definition) is 3. The summed E-state index contributed by atoms with van der Waals surface area (Å²) in [6.45, 7) is 5.10. The van der Waals surface area contributed by atoms with Crippen LogP contribution in [0.15, 0.2) is 35.2 Å². The van der Waals surface area contributed by atoms with Gasteiger partial charge in [-0.1, -0.05) is 37.3 Å². The Hall–Kier alpha value is -1.70. The highest BCUT2D eigenvalue weighted by Gasteiger charge is 2.23. The number of sulfonamides is 1. The zero-order chi connectivity index (χ0) is 15.3. The molecule has 21 heavy (non-hydrogen) atoms. The Bertz CT molecular complexity index is 680. The van der Waals surface area contributed by atoms with Crippen LogP contribution in [-0.2, 0) is 23.1 Å². The maximum atomic E-state index is 12.5. The van der Waals surface area contributed by atoms with Gasteiger partial charge in [-0.25, -0.2) is 13.1 Å². The normalized spacial score (nSPS) is 11.7. The summed E-state index contributed by atoms with van der Waals surface area (Å²) in [7, 11) is -3.59. The third-order valence-corrected chi connectivity index (χ3v) is 4.69. The van der Waals surface area contributed by atoms with E-state index in [1.54, 1.807) is 6.92 Å². The monoisotopic (exact) mass is 308 g/mol. The summed E-state index contributed by atoms with van der Waals surface area (Å²) >= 11 is 0. The van der Waals surface area contributed by atoms with Crippen LogP contribution in [0.3, 0.4) is 0 Å². The summed E-state index contributed by atoms with van der Waals surface area (Å²) in [5.74, 6) is 0. The number of aryl methyl sites for hydroxylation is 1. The van der Waals surface area contributed by atoms with E-state index in [-0.39, 0.29) is 11.4 Å². The summed E-state index contributed by atoms with van der Waals surface area (Å²) in [4.78, 5) is 0.236. The van der Waals surface area contributed by atoms with Gasteiger partial charge in [-0.2, -0.15) is 5.10 Å². The van der Waals surface area contributed by atoms with Crippen LogP contribution < -0.4 is 10.0 Å². The first-order valence-corrected chi connectivity index (χ1v) is 8.31. The third-order valence-electron chi connectivity index (χ3n) is 3.08. The third kappa shape index (κ3) is 3.90. The molecule has 2 rings (SSSR count). The molecule has 6 nitrogen and oxygen atoms in total.